The van der Waals surface area contributed by atoms with Gasteiger partial charge in [0, 0.05) is 25.7 Å². The van der Waals surface area contributed by atoms with E-state index in [9.17, 15) is 43.2 Å². The van der Waals surface area contributed by atoms with E-state index in [4.69, 9.17) is 37.0 Å². The first kappa shape index (κ1) is 97.1. The molecule has 0 aliphatic heterocycles. The third-order valence-corrected chi connectivity index (χ3v) is 21.6. The Hall–Kier alpha value is -1.94. The highest BCUT2D eigenvalue weighted by Crippen LogP contribution is 2.45. The average molecular weight is 1450 g/mol. The number of ether oxygens (including phenoxy) is 4. The van der Waals surface area contributed by atoms with Crippen LogP contribution in [-0.2, 0) is 65.4 Å². The van der Waals surface area contributed by atoms with Crippen molar-refractivity contribution in [2.24, 2.45) is 17.8 Å². The fourth-order valence-electron chi connectivity index (χ4n) is 12.2. The number of aliphatic hydroxyl groups excluding tert-OH is 1. The summed E-state index contributed by atoms with van der Waals surface area (Å²) in [5.41, 5.74) is 0. The zero-order chi connectivity index (χ0) is 73.0. The minimum atomic E-state index is -4.96. The van der Waals surface area contributed by atoms with Crippen LogP contribution < -0.4 is 0 Å². The highest BCUT2D eigenvalue weighted by molar-refractivity contribution is 7.47. The van der Waals surface area contributed by atoms with Crippen LogP contribution in [0.25, 0.3) is 0 Å². The van der Waals surface area contributed by atoms with E-state index in [0.29, 0.717) is 25.7 Å². The number of phosphoric acid groups is 2. The van der Waals surface area contributed by atoms with Crippen LogP contribution in [0.4, 0.5) is 0 Å². The summed E-state index contributed by atoms with van der Waals surface area (Å²) in [6, 6.07) is 0. The van der Waals surface area contributed by atoms with Crippen molar-refractivity contribution in [2.75, 3.05) is 39.6 Å². The smallest absolute Gasteiger partial charge is 0.462 e. The van der Waals surface area contributed by atoms with Gasteiger partial charge in [-0.15, -0.1) is 0 Å². The van der Waals surface area contributed by atoms with Crippen LogP contribution in [0.15, 0.2) is 0 Å². The number of carbonyl (C=O) groups excluding carboxylic acids is 4. The van der Waals surface area contributed by atoms with E-state index in [-0.39, 0.29) is 25.7 Å². The van der Waals surface area contributed by atoms with Gasteiger partial charge in [-0.25, -0.2) is 9.13 Å². The molecule has 0 radical (unpaired) electrons. The van der Waals surface area contributed by atoms with Crippen LogP contribution in [0.1, 0.15) is 414 Å². The molecule has 588 valence electrons. The Labute approximate surface area is 607 Å². The second kappa shape index (κ2) is 70.4. The van der Waals surface area contributed by atoms with Gasteiger partial charge in [-0.3, -0.25) is 37.3 Å². The van der Waals surface area contributed by atoms with Gasteiger partial charge < -0.3 is 33.8 Å². The molecule has 0 aliphatic carbocycles. The number of hydrogen-bond acceptors (Lipinski definition) is 15. The SMILES string of the molecule is CCCCCCCCCCCCCC(=O)OC[C@H](COP(=O)(O)OC[C@H](O)COP(=O)(O)OC[C@@H](COC(=O)CCCCCCCCCCCCCCCCC(C)CC)OC(=O)CCCCCCCCCCCCCCCCC(C)CC)OC(=O)CCCCCCCCCCC(C)CC. The maximum Gasteiger partial charge on any atom is 0.472 e. The van der Waals surface area contributed by atoms with Crippen molar-refractivity contribution < 1.29 is 80.2 Å². The van der Waals surface area contributed by atoms with Crippen LogP contribution in [0.3, 0.4) is 0 Å². The number of rotatable bonds is 78. The summed E-state index contributed by atoms with van der Waals surface area (Å²) in [5.74, 6) is 0.353. The lowest BCUT2D eigenvalue weighted by atomic mass is 9.99. The highest BCUT2D eigenvalue weighted by Gasteiger charge is 2.30. The van der Waals surface area contributed by atoms with Gasteiger partial charge in [0.25, 0.3) is 0 Å². The number of esters is 4. The maximum absolute atomic E-state index is 13.1. The van der Waals surface area contributed by atoms with Gasteiger partial charge >= 0.3 is 39.5 Å². The molecule has 0 saturated heterocycles. The van der Waals surface area contributed by atoms with Gasteiger partial charge in [-0.05, 0) is 43.4 Å². The van der Waals surface area contributed by atoms with Crippen molar-refractivity contribution in [2.45, 2.75) is 433 Å². The number of unbranched alkanes of at least 4 members (excludes halogenated alkanes) is 43. The van der Waals surface area contributed by atoms with Crippen molar-refractivity contribution in [1.82, 2.24) is 0 Å². The van der Waals surface area contributed by atoms with Gasteiger partial charge in [0.1, 0.15) is 19.3 Å². The molecule has 0 aromatic rings. The zero-order valence-electron chi connectivity index (χ0n) is 65.0. The minimum absolute atomic E-state index is 0.105. The minimum Gasteiger partial charge on any atom is -0.462 e. The number of phosphoric ester groups is 2. The van der Waals surface area contributed by atoms with Crippen molar-refractivity contribution in [3.8, 4) is 0 Å². The monoisotopic (exact) mass is 1450 g/mol. The van der Waals surface area contributed by atoms with E-state index < -0.39 is 97.5 Å². The lowest BCUT2D eigenvalue weighted by Gasteiger charge is -2.21. The zero-order valence-corrected chi connectivity index (χ0v) is 66.8. The Bertz CT molecular complexity index is 1930. The first-order valence-corrected chi connectivity index (χ1v) is 44.5. The Balaban J connectivity index is 5.25. The maximum atomic E-state index is 13.1. The van der Waals surface area contributed by atoms with E-state index in [1.807, 2.05) is 0 Å². The molecule has 0 spiro atoms. The number of aliphatic hydroxyl groups is 1. The number of carbonyl (C=O) groups is 4. The second-order valence-electron chi connectivity index (χ2n) is 29.5. The second-order valence-corrected chi connectivity index (χ2v) is 32.4. The summed E-state index contributed by atoms with van der Waals surface area (Å²) in [6.07, 6.45) is 58.0. The summed E-state index contributed by atoms with van der Waals surface area (Å²) >= 11 is 0. The van der Waals surface area contributed by atoms with Gasteiger partial charge in [0.15, 0.2) is 12.2 Å². The fourth-order valence-corrected chi connectivity index (χ4v) is 13.8. The summed E-state index contributed by atoms with van der Waals surface area (Å²) < 4.78 is 68.7. The lowest BCUT2D eigenvalue weighted by Crippen LogP contribution is -2.30. The van der Waals surface area contributed by atoms with Crippen LogP contribution in [-0.4, -0.2) is 96.7 Å². The van der Waals surface area contributed by atoms with Crippen LogP contribution in [0, 0.1) is 17.8 Å². The molecule has 8 atom stereocenters. The van der Waals surface area contributed by atoms with Crippen LogP contribution in [0.2, 0.25) is 0 Å². The Morgan fingerprint density at radius 3 is 0.717 bits per heavy atom. The molecule has 17 nitrogen and oxygen atoms in total. The molecule has 0 aromatic heterocycles. The van der Waals surface area contributed by atoms with E-state index in [1.165, 1.54) is 225 Å². The molecular formula is C80H156O17P2. The first-order chi connectivity index (χ1) is 47.8. The van der Waals surface area contributed by atoms with Crippen molar-refractivity contribution in [1.29, 1.82) is 0 Å². The molecule has 3 N–H and O–H groups in total. The van der Waals surface area contributed by atoms with Gasteiger partial charge in [-0.2, -0.15) is 0 Å². The van der Waals surface area contributed by atoms with E-state index in [1.54, 1.807) is 0 Å². The quantitative estimate of drug-likeness (QED) is 0.0222. The van der Waals surface area contributed by atoms with Gasteiger partial charge in [0.05, 0.1) is 26.4 Å². The standard InChI is InChI=1S/C80H156O17P2/c1-8-12-13-14-15-16-25-32-40-47-54-61-77(82)90-68-76(97-80(85)64-57-50-43-36-35-39-46-53-60-73(7)11-4)70-95-99(88,89)93-66-74(81)65-92-98(86,87)94-69-75(96-79(84)63-56-49-42-34-29-24-20-18-22-27-31-38-45-52-59-72(6)10-3)67-91-78(83)62-55-48-41-33-28-23-19-17-21-26-30-37-44-51-58-71(5)9-2/h71-76,81H,8-70H2,1-7H3,(H,86,87)(H,88,89)/t71?,72?,73?,74-,75-,76-/m1/s1. The molecule has 0 aliphatic rings. The molecule has 0 heterocycles. The van der Waals surface area contributed by atoms with Gasteiger partial charge in [0.2, 0.25) is 0 Å². The molecule has 5 unspecified atom stereocenters. The fraction of sp³-hybridized carbons (Fsp3) is 0.950. The largest absolute Gasteiger partial charge is 0.472 e. The summed E-state index contributed by atoms with van der Waals surface area (Å²) in [6.45, 7) is 12.0. The lowest BCUT2D eigenvalue weighted by molar-refractivity contribution is -0.161. The molecule has 0 bridgehead atoms. The first-order valence-electron chi connectivity index (χ1n) is 41.5. The third kappa shape index (κ3) is 70.2. The molecule has 0 aromatic carbocycles. The van der Waals surface area contributed by atoms with E-state index in [0.717, 1.165) is 108 Å². The summed E-state index contributed by atoms with van der Waals surface area (Å²) in [5, 5.41) is 10.6. The molecule has 19 heteroatoms. The highest BCUT2D eigenvalue weighted by atomic mass is 31.2. The molecular weight excluding hydrogens is 1290 g/mol. The van der Waals surface area contributed by atoms with E-state index >= 15 is 0 Å². The molecule has 0 fully saturated rings. The van der Waals surface area contributed by atoms with Crippen LogP contribution >= 0.6 is 15.6 Å². The topological polar surface area (TPSA) is 237 Å². The predicted octanol–water partition coefficient (Wildman–Crippen LogP) is 23.7. The van der Waals surface area contributed by atoms with Gasteiger partial charge in [-0.1, -0.05) is 363 Å². The normalized spacial score (nSPS) is 14.8. The Kier molecular flexibility index (Phi) is 69.0. The molecule has 99 heavy (non-hydrogen) atoms. The van der Waals surface area contributed by atoms with Crippen molar-refractivity contribution in [3.05, 3.63) is 0 Å². The molecule has 0 rings (SSSR count). The van der Waals surface area contributed by atoms with E-state index in [2.05, 4.69) is 48.5 Å². The van der Waals surface area contributed by atoms with Crippen LogP contribution in [0.5, 0.6) is 0 Å². The predicted molar refractivity (Wildman–Crippen MR) is 405 cm³/mol. The number of hydrogen-bond donors (Lipinski definition) is 3. The summed E-state index contributed by atoms with van der Waals surface area (Å²) in [7, 11) is -9.92. The summed E-state index contributed by atoms with van der Waals surface area (Å²) in [4.78, 5) is 73.0. The van der Waals surface area contributed by atoms with Crippen molar-refractivity contribution in [3.63, 3.8) is 0 Å². The molecule has 0 saturated carbocycles. The Morgan fingerprint density at radius 1 is 0.283 bits per heavy atom. The third-order valence-electron chi connectivity index (χ3n) is 19.7. The van der Waals surface area contributed by atoms with Crippen molar-refractivity contribution >= 4 is 39.5 Å². The average Bonchev–Trinajstić information content (AvgIpc) is 1.29. The molecule has 0 amide bonds. The Morgan fingerprint density at radius 2 is 0.485 bits per heavy atom.